The van der Waals surface area contributed by atoms with E-state index >= 15 is 0 Å². The maximum absolute atomic E-state index is 11.2. The maximum Gasteiger partial charge on any atom is 0.192 e. The van der Waals surface area contributed by atoms with Crippen molar-refractivity contribution in [1.82, 2.24) is 0 Å². The molecule has 0 rings (SSSR count). The normalized spacial score (nSPS) is 14.8. The maximum atomic E-state index is 11.2. The molecular formula is C12H24O2Si. The first kappa shape index (κ1) is 14.6. The van der Waals surface area contributed by atoms with Crippen LogP contribution in [0.2, 0.25) is 18.1 Å². The molecule has 0 aromatic carbocycles. The predicted octanol–water partition coefficient (Wildman–Crippen LogP) is 3.54. The van der Waals surface area contributed by atoms with Gasteiger partial charge in [0.15, 0.2) is 14.1 Å². The molecule has 0 amide bonds. The number of ketones is 1. The Bertz CT molecular complexity index is 238. The van der Waals surface area contributed by atoms with E-state index in [-0.39, 0.29) is 16.9 Å². The SMILES string of the molecule is C=CC(=O)C[C@H](C)O[Si](C)(C)C(C)(C)C. The zero-order valence-electron chi connectivity index (χ0n) is 10.9. The minimum atomic E-state index is -1.73. The van der Waals surface area contributed by atoms with Gasteiger partial charge in [-0.25, -0.2) is 0 Å². The fourth-order valence-electron chi connectivity index (χ4n) is 1.09. The van der Waals surface area contributed by atoms with E-state index < -0.39 is 8.32 Å². The first-order valence-corrected chi connectivity index (χ1v) is 8.34. The lowest BCUT2D eigenvalue weighted by atomic mass is 10.2. The van der Waals surface area contributed by atoms with Gasteiger partial charge in [0.25, 0.3) is 0 Å². The van der Waals surface area contributed by atoms with Gasteiger partial charge in [0, 0.05) is 12.5 Å². The summed E-state index contributed by atoms with van der Waals surface area (Å²) in [6.07, 6.45) is 1.80. The quantitative estimate of drug-likeness (QED) is 0.531. The molecule has 2 nitrogen and oxygen atoms in total. The van der Waals surface area contributed by atoms with Crippen LogP contribution in [0, 0.1) is 0 Å². The Balaban J connectivity index is 4.34. The molecule has 0 saturated carbocycles. The fourth-order valence-corrected chi connectivity index (χ4v) is 2.53. The summed E-state index contributed by atoms with van der Waals surface area (Å²) in [6, 6.07) is 0. The molecule has 1 atom stereocenters. The van der Waals surface area contributed by atoms with Crippen LogP contribution in [0.3, 0.4) is 0 Å². The third-order valence-electron chi connectivity index (χ3n) is 3.02. The second-order valence-electron chi connectivity index (χ2n) is 5.56. The van der Waals surface area contributed by atoms with Crippen LogP contribution in [0.4, 0.5) is 0 Å². The zero-order chi connectivity index (χ0) is 12.3. The molecular weight excluding hydrogens is 204 g/mol. The molecule has 0 unspecified atom stereocenters. The number of carbonyl (C=O) groups excluding carboxylic acids is 1. The highest BCUT2D eigenvalue weighted by molar-refractivity contribution is 6.74. The second kappa shape index (κ2) is 5.08. The van der Waals surface area contributed by atoms with Crippen LogP contribution in [0.15, 0.2) is 12.7 Å². The summed E-state index contributed by atoms with van der Waals surface area (Å²) in [5.41, 5.74) is 0. The molecule has 0 aliphatic heterocycles. The molecule has 0 aliphatic carbocycles. The standard InChI is InChI=1S/C12H24O2Si/c1-8-11(13)9-10(2)14-15(6,7)12(3,4)5/h8,10H,1,9H2,2-7H3/t10-/m0/s1. The lowest BCUT2D eigenvalue weighted by Gasteiger charge is -2.38. The molecule has 0 aromatic rings. The summed E-state index contributed by atoms with van der Waals surface area (Å²) in [6.45, 7) is 16.4. The Labute approximate surface area is 94.8 Å². The largest absolute Gasteiger partial charge is 0.414 e. The summed E-state index contributed by atoms with van der Waals surface area (Å²) in [4.78, 5) is 11.2. The molecule has 0 heterocycles. The van der Waals surface area contributed by atoms with Gasteiger partial charge in [0.05, 0.1) is 0 Å². The first-order chi connectivity index (χ1) is 6.60. The molecule has 0 saturated heterocycles. The lowest BCUT2D eigenvalue weighted by Crippen LogP contribution is -2.43. The highest BCUT2D eigenvalue weighted by Crippen LogP contribution is 2.37. The number of carbonyl (C=O) groups is 1. The van der Waals surface area contributed by atoms with Crippen molar-refractivity contribution in [2.24, 2.45) is 0 Å². The molecule has 0 aliphatic rings. The van der Waals surface area contributed by atoms with Crippen molar-refractivity contribution in [1.29, 1.82) is 0 Å². The van der Waals surface area contributed by atoms with E-state index in [0.29, 0.717) is 6.42 Å². The highest BCUT2D eigenvalue weighted by atomic mass is 28.4. The molecule has 0 spiro atoms. The molecule has 0 N–H and O–H groups in total. The van der Waals surface area contributed by atoms with Crippen LogP contribution in [-0.4, -0.2) is 20.2 Å². The zero-order valence-corrected chi connectivity index (χ0v) is 11.9. The van der Waals surface area contributed by atoms with E-state index in [1.807, 2.05) is 6.92 Å². The van der Waals surface area contributed by atoms with Crippen LogP contribution in [0.1, 0.15) is 34.1 Å². The Morgan fingerprint density at radius 2 is 1.93 bits per heavy atom. The number of hydrogen-bond donors (Lipinski definition) is 0. The Morgan fingerprint density at radius 3 is 2.27 bits per heavy atom. The van der Waals surface area contributed by atoms with E-state index in [1.165, 1.54) is 6.08 Å². The van der Waals surface area contributed by atoms with Crippen molar-refractivity contribution in [3.8, 4) is 0 Å². The predicted molar refractivity (Wildman–Crippen MR) is 67.6 cm³/mol. The molecule has 3 heteroatoms. The second-order valence-corrected chi connectivity index (χ2v) is 10.3. The summed E-state index contributed by atoms with van der Waals surface area (Å²) in [5, 5.41) is 0.193. The van der Waals surface area contributed by atoms with Gasteiger partial charge in [0.1, 0.15) is 0 Å². The molecule has 88 valence electrons. The van der Waals surface area contributed by atoms with Gasteiger partial charge >= 0.3 is 0 Å². The van der Waals surface area contributed by atoms with Gasteiger partial charge in [-0.2, -0.15) is 0 Å². The van der Waals surface area contributed by atoms with E-state index in [0.717, 1.165) is 0 Å². The van der Waals surface area contributed by atoms with E-state index in [9.17, 15) is 4.79 Å². The van der Waals surface area contributed by atoms with E-state index in [1.54, 1.807) is 0 Å². The van der Waals surface area contributed by atoms with Crippen LogP contribution >= 0.6 is 0 Å². The van der Waals surface area contributed by atoms with Crippen LogP contribution in [-0.2, 0) is 9.22 Å². The van der Waals surface area contributed by atoms with Crippen molar-refractivity contribution < 1.29 is 9.22 Å². The highest BCUT2D eigenvalue weighted by Gasteiger charge is 2.38. The molecule has 0 radical (unpaired) electrons. The van der Waals surface area contributed by atoms with Gasteiger partial charge in [-0.15, -0.1) is 0 Å². The average molecular weight is 228 g/mol. The Hall–Kier alpha value is -0.413. The van der Waals surface area contributed by atoms with E-state index in [2.05, 4.69) is 40.4 Å². The smallest absolute Gasteiger partial charge is 0.192 e. The number of rotatable bonds is 5. The molecule has 0 fully saturated rings. The van der Waals surface area contributed by atoms with Gasteiger partial charge in [-0.05, 0) is 31.1 Å². The van der Waals surface area contributed by atoms with Gasteiger partial charge in [-0.1, -0.05) is 27.4 Å². The van der Waals surface area contributed by atoms with Crippen molar-refractivity contribution in [2.75, 3.05) is 0 Å². The summed E-state index contributed by atoms with van der Waals surface area (Å²) < 4.78 is 6.04. The Morgan fingerprint density at radius 1 is 1.47 bits per heavy atom. The summed E-state index contributed by atoms with van der Waals surface area (Å²) in [5.74, 6) is 0.0567. The monoisotopic (exact) mass is 228 g/mol. The van der Waals surface area contributed by atoms with Crippen molar-refractivity contribution in [3.05, 3.63) is 12.7 Å². The third-order valence-corrected chi connectivity index (χ3v) is 7.62. The third kappa shape index (κ3) is 4.75. The van der Waals surface area contributed by atoms with Crippen molar-refractivity contribution in [3.63, 3.8) is 0 Å². The minimum Gasteiger partial charge on any atom is -0.414 e. The van der Waals surface area contributed by atoms with Crippen molar-refractivity contribution in [2.45, 2.75) is 58.4 Å². The molecule has 0 bridgehead atoms. The van der Waals surface area contributed by atoms with Crippen LogP contribution in [0.5, 0.6) is 0 Å². The fraction of sp³-hybridized carbons (Fsp3) is 0.750. The van der Waals surface area contributed by atoms with Gasteiger partial charge in [-0.3, -0.25) is 4.79 Å². The number of allylic oxidation sites excluding steroid dienone is 1. The average Bonchev–Trinajstić information content (AvgIpc) is 2.00. The Kier molecular flexibility index (Phi) is 4.94. The summed E-state index contributed by atoms with van der Waals surface area (Å²) in [7, 11) is -1.73. The molecule has 0 aromatic heterocycles. The number of hydrogen-bond acceptors (Lipinski definition) is 2. The van der Waals surface area contributed by atoms with Crippen molar-refractivity contribution >= 4 is 14.1 Å². The lowest BCUT2D eigenvalue weighted by molar-refractivity contribution is -0.116. The van der Waals surface area contributed by atoms with Crippen LogP contribution < -0.4 is 0 Å². The van der Waals surface area contributed by atoms with E-state index in [4.69, 9.17) is 4.43 Å². The van der Waals surface area contributed by atoms with Gasteiger partial charge in [0.2, 0.25) is 0 Å². The van der Waals surface area contributed by atoms with Crippen LogP contribution in [0.25, 0.3) is 0 Å². The topological polar surface area (TPSA) is 26.3 Å². The van der Waals surface area contributed by atoms with Gasteiger partial charge < -0.3 is 4.43 Å². The first-order valence-electron chi connectivity index (χ1n) is 5.43. The summed E-state index contributed by atoms with van der Waals surface area (Å²) >= 11 is 0. The minimum absolute atomic E-state index is 0.00334. The molecule has 15 heavy (non-hydrogen) atoms.